The van der Waals surface area contributed by atoms with Crippen LogP contribution in [0.15, 0.2) is 33.8 Å². The molecule has 1 aromatic carbocycles. The Kier molecular flexibility index (Phi) is 7.21. The van der Waals surface area contributed by atoms with Gasteiger partial charge in [-0.3, -0.25) is 4.99 Å². The molecule has 0 spiro atoms. The number of aryl methyl sites for hydroxylation is 3. The first-order chi connectivity index (χ1) is 14.1. The first-order valence-electron chi connectivity index (χ1n) is 10.3. The third kappa shape index (κ3) is 5.56. The van der Waals surface area contributed by atoms with Crippen LogP contribution >= 0.6 is 0 Å². The number of hydrogen-bond donors (Lipinski definition) is 2. The molecule has 0 aliphatic rings. The van der Waals surface area contributed by atoms with Crippen LogP contribution in [0.1, 0.15) is 50.1 Å². The van der Waals surface area contributed by atoms with Crippen LogP contribution in [0.25, 0.3) is 11.0 Å². The maximum absolute atomic E-state index is 5.27. The zero-order chi connectivity index (χ0) is 20.6. The molecule has 2 heterocycles. The molecule has 0 radical (unpaired) electrons. The second-order valence-corrected chi connectivity index (χ2v) is 7.38. The number of imidazole rings is 1. The average molecular weight is 398 g/mol. The summed E-state index contributed by atoms with van der Waals surface area (Å²) in [5.74, 6) is 3.62. The molecule has 8 nitrogen and oxygen atoms in total. The summed E-state index contributed by atoms with van der Waals surface area (Å²) in [5.41, 5.74) is 2.24. The molecule has 0 aliphatic carbocycles. The van der Waals surface area contributed by atoms with Crippen molar-refractivity contribution in [1.82, 2.24) is 30.3 Å². The normalized spacial score (nSPS) is 12.1. The summed E-state index contributed by atoms with van der Waals surface area (Å²) >= 11 is 0. The van der Waals surface area contributed by atoms with Gasteiger partial charge >= 0.3 is 0 Å². The second-order valence-electron chi connectivity index (χ2n) is 7.38. The Morgan fingerprint density at radius 1 is 1.14 bits per heavy atom. The number of hydrogen-bond acceptors (Lipinski definition) is 5. The van der Waals surface area contributed by atoms with Crippen molar-refractivity contribution < 1.29 is 4.52 Å². The van der Waals surface area contributed by atoms with Crippen LogP contribution in [0.2, 0.25) is 0 Å². The van der Waals surface area contributed by atoms with E-state index in [1.807, 2.05) is 6.07 Å². The Hall–Kier alpha value is -2.90. The van der Waals surface area contributed by atoms with Gasteiger partial charge in [-0.05, 0) is 31.9 Å². The standard InChI is InChI=1S/C21H31N7O/c1-15(2)20-26-19(29-27-20)11-7-12-23-21(22-4)24-13-8-14-28-16(3)25-17-9-5-6-10-18(17)28/h5-6,9-10,15H,7-8,11-14H2,1-4H3,(H2,22,23,24). The zero-order valence-electron chi connectivity index (χ0n) is 17.8. The minimum atomic E-state index is 0.290. The first kappa shape index (κ1) is 20.8. The molecule has 2 aromatic heterocycles. The van der Waals surface area contributed by atoms with Gasteiger partial charge in [0.15, 0.2) is 11.8 Å². The molecule has 0 fully saturated rings. The zero-order valence-corrected chi connectivity index (χ0v) is 17.8. The van der Waals surface area contributed by atoms with Gasteiger partial charge in [0.2, 0.25) is 5.89 Å². The molecule has 2 N–H and O–H groups in total. The van der Waals surface area contributed by atoms with E-state index in [9.17, 15) is 0 Å². The fourth-order valence-corrected chi connectivity index (χ4v) is 3.19. The van der Waals surface area contributed by atoms with Crippen LogP contribution in [0.4, 0.5) is 0 Å². The highest BCUT2D eigenvalue weighted by molar-refractivity contribution is 5.79. The van der Waals surface area contributed by atoms with Gasteiger partial charge in [0.1, 0.15) is 5.82 Å². The fourth-order valence-electron chi connectivity index (χ4n) is 3.19. The summed E-state index contributed by atoms with van der Waals surface area (Å²) < 4.78 is 7.54. The van der Waals surface area contributed by atoms with Gasteiger partial charge in [-0.1, -0.05) is 31.1 Å². The van der Waals surface area contributed by atoms with E-state index in [1.165, 1.54) is 5.52 Å². The van der Waals surface area contributed by atoms with Crippen LogP contribution in [-0.4, -0.2) is 45.8 Å². The largest absolute Gasteiger partial charge is 0.356 e. The van der Waals surface area contributed by atoms with Gasteiger partial charge in [-0.25, -0.2) is 4.98 Å². The van der Waals surface area contributed by atoms with Gasteiger partial charge in [0.25, 0.3) is 0 Å². The van der Waals surface area contributed by atoms with Gasteiger partial charge in [-0.15, -0.1) is 0 Å². The topological polar surface area (TPSA) is 93.2 Å². The number of nitrogens with zero attached hydrogens (tertiary/aromatic N) is 5. The Morgan fingerprint density at radius 3 is 2.62 bits per heavy atom. The van der Waals surface area contributed by atoms with Gasteiger partial charge in [-0.2, -0.15) is 4.98 Å². The Bertz CT molecular complexity index is 942. The van der Waals surface area contributed by atoms with Crippen LogP contribution in [-0.2, 0) is 13.0 Å². The Morgan fingerprint density at radius 2 is 1.90 bits per heavy atom. The summed E-state index contributed by atoms with van der Waals surface area (Å²) in [5, 5.41) is 10.7. The Balaban J connectivity index is 1.36. The monoisotopic (exact) mass is 397 g/mol. The number of rotatable bonds is 9. The van der Waals surface area contributed by atoms with E-state index >= 15 is 0 Å². The fraction of sp³-hybridized carbons (Fsp3) is 0.524. The molecule has 0 aliphatic heterocycles. The lowest BCUT2D eigenvalue weighted by atomic mass is 10.2. The van der Waals surface area contributed by atoms with Crippen LogP contribution in [0, 0.1) is 6.92 Å². The maximum Gasteiger partial charge on any atom is 0.226 e. The van der Waals surface area contributed by atoms with Crippen molar-refractivity contribution in [2.45, 2.75) is 52.5 Å². The van der Waals surface area contributed by atoms with E-state index in [1.54, 1.807) is 7.05 Å². The van der Waals surface area contributed by atoms with Crippen molar-refractivity contribution in [3.63, 3.8) is 0 Å². The molecule has 3 aromatic rings. The van der Waals surface area contributed by atoms with Crippen molar-refractivity contribution in [3.05, 3.63) is 41.8 Å². The predicted octanol–water partition coefficient (Wildman–Crippen LogP) is 3.04. The number of guanidine groups is 1. The first-order valence-corrected chi connectivity index (χ1v) is 10.3. The number of aromatic nitrogens is 4. The molecule has 0 saturated carbocycles. The molecule has 0 unspecified atom stereocenters. The molecule has 8 heteroatoms. The number of nitrogens with one attached hydrogen (secondary N) is 2. The number of benzene rings is 1. The molecule has 0 saturated heterocycles. The Labute approximate surface area is 171 Å². The molecule has 0 bridgehead atoms. The minimum absolute atomic E-state index is 0.290. The number of aliphatic imine (C=N–C) groups is 1. The van der Waals surface area contributed by atoms with Crippen molar-refractivity contribution in [3.8, 4) is 0 Å². The van der Waals surface area contributed by atoms with E-state index in [0.29, 0.717) is 5.89 Å². The van der Waals surface area contributed by atoms with Gasteiger partial charge in [0, 0.05) is 39.0 Å². The molecule has 3 rings (SSSR count). The van der Waals surface area contributed by atoms with Crippen molar-refractivity contribution >= 4 is 17.0 Å². The summed E-state index contributed by atoms with van der Waals surface area (Å²) in [4.78, 5) is 13.3. The molecule has 29 heavy (non-hydrogen) atoms. The highest BCUT2D eigenvalue weighted by atomic mass is 16.5. The lowest BCUT2D eigenvalue weighted by molar-refractivity contribution is 0.368. The van der Waals surface area contributed by atoms with E-state index in [-0.39, 0.29) is 5.92 Å². The highest BCUT2D eigenvalue weighted by Gasteiger charge is 2.09. The van der Waals surface area contributed by atoms with Crippen molar-refractivity contribution in [2.75, 3.05) is 20.1 Å². The second kappa shape index (κ2) is 10.0. The van der Waals surface area contributed by atoms with Crippen molar-refractivity contribution in [2.24, 2.45) is 4.99 Å². The third-order valence-corrected chi connectivity index (χ3v) is 4.78. The highest BCUT2D eigenvalue weighted by Crippen LogP contribution is 2.15. The lowest BCUT2D eigenvalue weighted by Gasteiger charge is -2.12. The quantitative estimate of drug-likeness (QED) is 0.327. The maximum atomic E-state index is 5.27. The SMILES string of the molecule is CN=C(NCCCc1nc(C(C)C)no1)NCCCn1c(C)nc2ccccc21. The van der Waals surface area contributed by atoms with Crippen LogP contribution in [0.3, 0.4) is 0 Å². The van der Waals surface area contributed by atoms with Gasteiger partial charge < -0.3 is 19.7 Å². The minimum Gasteiger partial charge on any atom is -0.356 e. The van der Waals surface area contributed by atoms with E-state index in [2.05, 4.69) is 74.3 Å². The number of fused-ring (bicyclic) bond motifs is 1. The average Bonchev–Trinajstić information content (AvgIpc) is 3.31. The smallest absolute Gasteiger partial charge is 0.226 e. The molecule has 156 valence electrons. The molecular formula is C21H31N7O. The predicted molar refractivity (Wildman–Crippen MR) is 115 cm³/mol. The van der Waals surface area contributed by atoms with Gasteiger partial charge in [0.05, 0.1) is 11.0 Å². The molecule has 0 atom stereocenters. The van der Waals surface area contributed by atoms with Crippen LogP contribution in [0.5, 0.6) is 0 Å². The summed E-state index contributed by atoms with van der Waals surface area (Å²) in [6, 6.07) is 8.26. The summed E-state index contributed by atoms with van der Waals surface area (Å²) in [6.45, 7) is 8.73. The lowest BCUT2D eigenvalue weighted by Crippen LogP contribution is -2.38. The third-order valence-electron chi connectivity index (χ3n) is 4.78. The summed E-state index contributed by atoms with van der Waals surface area (Å²) in [7, 11) is 1.79. The van der Waals surface area contributed by atoms with E-state index in [0.717, 1.165) is 62.0 Å². The van der Waals surface area contributed by atoms with Crippen LogP contribution < -0.4 is 10.6 Å². The number of para-hydroxylation sites is 2. The van der Waals surface area contributed by atoms with Crippen molar-refractivity contribution in [1.29, 1.82) is 0 Å². The van der Waals surface area contributed by atoms with E-state index < -0.39 is 0 Å². The summed E-state index contributed by atoms with van der Waals surface area (Å²) in [6.07, 6.45) is 2.65. The molecule has 0 amide bonds. The van der Waals surface area contributed by atoms with E-state index in [4.69, 9.17) is 4.52 Å². The molecular weight excluding hydrogens is 366 g/mol.